The van der Waals surface area contributed by atoms with E-state index in [-0.39, 0.29) is 28.9 Å². The van der Waals surface area contributed by atoms with Crippen molar-refractivity contribution >= 4 is 16.7 Å². The van der Waals surface area contributed by atoms with E-state index in [9.17, 15) is 10.1 Å². The summed E-state index contributed by atoms with van der Waals surface area (Å²) >= 11 is 0. The lowest BCUT2D eigenvalue weighted by Gasteiger charge is -2.12. The molecule has 100 valence electrons. The first kappa shape index (κ1) is 11.8. The van der Waals surface area contributed by atoms with E-state index in [4.69, 9.17) is 10.5 Å². The fraction of sp³-hybridized carbons (Fsp3) is 0.455. The van der Waals surface area contributed by atoms with Gasteiger partial charge in [-0.2, -0.15) is 0 Å². The maximum atomic E-state index is 10.9. The number of hydrogen-bond acceptors (Lipinski definition) is 7. The van der Waals surface area contributed by atoms with Gasteiger partial charge < -0.3 is 10.5 Å². The smallest absolute Gasteiger partial charge is 0.301 e. The van der Waals surface area contributed by atoms with Crippen LogP contribution in [-0.2, 0) is 0 Å². The maximum Gasteiger partial charge on any atom is 0.301 e. The molecule has 1 saturated carbocycles. The minimum Gasteiger partial charge on any atom is -0.488 e. The number of ether oxygens (including phenoxy) is 1. The number of nitrogens with zero attached hydrogens (tertiary/aromatic N) is 3. The Morgan fingerprint density at radius 1 is 1.37 bits per heavy atom. The molecule has 1 aromatic carbocycles. The highest BCUT2D eigenvalue weighted by atomic mass is 16.6. The monoisotopic (exact) mass is 264 g/mol. The Hall–Kier alpha value is -2.22. The zero-order valence-electron chi connectivity index (χ0n) is 9.98. The van der Waals surface area contributed by atoms with Crippen LogP contribution in [0, 0.1) is 10.1 Å². The molecule has 0 saturated heterocycles. The molecule has 1 aromatic heterocycles. The first-order chi connectivity index (χ1) is 9.15. The molecule has 8 heteroatoms. The zero-order valence-corrected chi connectivity index (χ0v) is 9.98. The Morgan fingerprint density at radius 3 is 2.84 bits per heavy atom. The van der Waals surface area contributed by atoms with Gasteiger partial charge >= 0.3 is 5.69 Å². The van der Waals surface area contributed by atoms with E-state index in [2.05, 4.69) is 14.9 Å². The molecule has 19 heavy (non-hydrogen) atoms. The van der Waals surface area contributed by atoms with Crippen molar-refractivity contribution in [3.63, 3.8) is 0 Å². The topological polar surface area (TPSA) is 117 Å². The van der Waals surface area contributed by atoms with Crippen molar-refractivity contribution in [1.29, 1.82) is 0 Å². The first-order valence-corrected chi connectivity index (χ1v) is 5.97. The van der Waals surface area contributed by atoms with E-state index in [1.165, 1.54) is 12.1 Å². The van der Waals surface area contributed by atoms with Gasteiger partial charge in [-0.25, -0.2) is 4.63 Å². The van der Waals surface area contributed by atoms with Crippen LogP contribution in [-0.4, -0.2) is 27.4 Å². The van der Waals surface area contributed by atoms with Crippen molar-refractivity contribution in [2.24, 2.45) is 5.73 Å². The molecule has 1 aliphatic carbocycles. The zero-order chi connectivity index (χ0) is 13.4. The predicted octanol–water partition coefficient (Wildman–Crippen LogP) is 1.39. The number of rotatable bonds is 3. The third-order valence-corrected chi connectivity index (χ3v) is 3.27. The standard InChI is InChI=1S/C11H12N4O4/c12-6-1-2-7(5-6)18-9-4-3-8(15(16)17)10-11(9)14-19-13-10/h3-4,6-7H,1-2,5,12H2. The number of benzene rings is 1. The maximum absolute atomic E-state index is 10.9. The molecule has 0 amide bonds. The molecule has 1 aliphatic rings. The van der Waals surface area contributed by atoms with Crippen LogP contribution >= 0.6 is 0 Å². The minimum atomic E-state index is -0.526. The third-order valence-electron chi connectivity index (χ3n) is 3.27. The van der Waals surface area contributed by atoms with Crippen LogP contribution in [0.4, 0.5) is 5.69 Å². The summed E-state index contributed by atoms with van der Waals surface area (Å²) in [5, 5.41) is 18.1. The van der Waals surface area contributed by atoms with Gasteiger partial charge in [-0.1, -0.05) is 0 Å². The minimum absolute atomic E-state index is 0.0105. The largest absolute Gasteiger partial charge is 0.488 e. The molecular weight excluding hydrogens is 252 g/mol. The Bertz CT molecular complexity index is 626. The molecule has 2 atom stereocenters. The van der Waals surface area contributed by atoms with Gasteiger partial charge in [0, 0.05) is 12.1 Å². The molecule has 0 spiro atoms. The lowest BCUT2D eigenvalue weighted by Crippen LogP contribution is -2.19. The molecule has 1 fully saturated rings. The summed E-state index contributed by atoms with van der Waals surface area (Å²) in [5.41, 5.74) is 6.05. The second kappa shape index (κ2) is 4.47. The average molecular weight is 264 g/mol. The molecule has 0 aliphatic heterocycles. The van der Waals surface area contributed by atoms with Crippen LogP contribution < -0.4 is 10.5 Å². The quantitative estimate of drug-likeness (QED) is 0.657. The molecule has 3 rings (SSSR count). The summed E-state index contributed by atoms with van der Waals surface area (Å²) in [5.74, 6) is 0.445. The normalized spacial score (nSPS) is 22.8. The van der Waals surface area contributed by atoms with Gasteiger partial charge in [-0.15, -0.1) is 0 Å². The fourth-order valence-electron chi connectivity index (χ4n) is 2.33. The average Bonchev–Trinajstić information content (AvgIpc) is 2.98. The molecule has 0 radical (unpaired) electrons. The van der Waals surface area contributed by atoms with Crippen molar-refractivity contribution in [3.8, 4) is 5.75 Å². The third kappa shape index (κ3) is 2.10. The number of hydrogen-bond donors (Lipinski definition) is 1. The fourth-order valence-corrected chi connectivity index (χ4v) is 2.33. The Kier molecular flexibility index (Phi) is 2.79. The molecular formula is C11H12N4O4. The SMILES string of the molecule is NC1CCC(Oc2ccc([N+](=O)[O-])c3nonc23)C1. The van der Waals surface area contributed by atoms with E-state index in [0.29, 0.717) is 5.75 Å². The van der Waals surface area contributed by atoms with Crippen LogP contribution in [0.3, 0.4) is 0 Å². The summed E-state index contributed by atoms with van der Waals surface area (Å²) in [6.07, 6.45) is 2.56. The van der Waals surface area contributed by atoms with E-state index in [0.717, 1.165) is 19.3 Å². The molecule has 8 nitrogen and oxygen atoms in total. The Balaban J connectivity index is 1.94. The van der Waals surface area contributed by atoms with E-state index >= 15 is 0 Å². The lowest BCUT2D eigenvalue weighted by atomic mass is 10.2. The second-order valence-corrected chi connectivity index (χ2v) is 4.61. The Labute approximate surface area is 107 Å². The highest BCUT2D eigenvalue weighted by Crippen LogP contribution is 2.32. The van der Waals surface area contributed by atoms with Gasteiger partial charge in [0.1, 0.15) is 6.10 Å². The molecule has 1 heterocycles. The molecule has 2 unspecified atom stereocenters. The number of nitro benzene ring substituents is 1. The van der Waals surface area contributed by atoms with Gasteiger partial charge in [0.15, 0.2) is 11.3 Å². The van der Waals surface area contributed by atoms with Crippen molar-refractivity contribution in [1.82, 2.24) is 10.3 Å². The van der Waals surface area contributed by atoms with Gasteiger partial charge in [0.2, 0.25) is 5.52 Å². The predicted molar refractivity (Wildman–Crippen MR) is 64.7 cm³/mol. The molecule has 2 N–H and O–H groups in total. The molecule has 0 bridgehead atoms. The van der Waals surface area contributed by atoms with E-state index in [1.54, 1.807) is 0 Å². The van der Waals surface area contributed by atoms with Crippen LogP contribution in [0.25, 0.3) is 11.0 Å². The van der Waals surface area contributed by atoms with Crippen LogP contribution in [0.1, 0.15) is 19.3 Å². The lowest BCUT2D eigenvalue weighted by molar-refractivity contribution is -0.383. The van der Waals surface area contributed by atoms with Gasteiger partial charge in [-0.05, 0) is 35.6 Å². The number of nitrogens with two attached hydrogens (primary N) is 1. The number of non-ortho nitro benzene ring substituents is 1. The summed E-state index contributed by atoms with van der Waals surface area (Å²) < 4.78 is 10.4. The second-order valence-electron chi connectivity index (χ2n) is 4.61. The summed E-state index contributed by atoms with van der Waals surface area (Å²) in [6, 6.07) is 3.01. The van der Waals surface area contributed by atoms with Crippen LogP contribution in [0.15, 0.2) is 16.8 Å². The van der Waals surface area contributed by atoms with Gasteiger partial charge in [0.25, 0.3) is 0 Å². The van der Waals surface area contributed by atoms with Crippen LogP contribution in [0.5, 0.6) is 5.75 Å². The number of aromatic nitrogens is 2. The van der Waals surface area contributed by atoms with Crippen molar-refractivity contribution in [3.05, 3.63) is 22.2 Å². The highest BCUT2D eigenvalue weighted by Gasteiger charge is 2.26. The Morgan fingerprint density at radius 2 is 2.16 bits per heavy atom. The van der Waals surface area contributed by atoms with Crippen molar-refractivity contribution in [2.75, 3.05) is 0 Å². The first-order valence-electron chi connectivity index (χ1n) is 5.97. The van der Waals surface area contributed by atoms with Crippen molar-refractivity contribution < 1.29 is 14.3 Å². The summed E-state index contributed by atoms with van der Waals surface area (Å²) in [4.78, 5) is 10.3. The van der Waals surface area contributed by atoms with E-state index in [1.807, 2.05) is 0 Å². The molecule has 2 aromatic rings. The highest BCUT2D eigenvalue weighted by molar-refractivity contribution is 5.88. The van der Waals surface area contributed by atoms with Gasteiger partial charge in [0.05, 0.1) is 4.92 Å². The van der Waals surface area contributed by atoms with Crippen LogP contribution in [0.2, 0.25) is 0 Å². The number of nitro groups is 1. The van der Waals surface area contributed by atoms with Crippen molar-refractivity contribution in [2.45, 2.75) is 31.4 Å². The van der Waals surface area contributed by atoms with Gasteiger partial charge in [-0.3, -0.25) is 10.1 Å². The number of fused-ring (bicyclic) bond motifs is 1. The van der Waals surface area contributed by atoms with E-state index < -0.39 is 4.92 Å². The summed E-state index contributed by atoms with van der Waals surface area (Å²) in [7, 11) is 0. The summed E-state index contributed by atoms with van der Waals surface area (Å²) in [6.45, 7) is 0.